The minimum Gasteiger partial charge on any atom is -0.497 e. The van der Waals surface area contributed by atoms with E-state index in [1.54, 1.807) is 113 Å². The molecule has 2 atom stereocenters. The minimum absolute atomic E-state index is 0.337. The molecule has 0 unspecified atom stereocenters. The quantitative estimate of drug-likeness (QED) is 0.266. The van der Waals surface area contributed by atoms with Crippen LogP contribution in [0.15, 0.2) is 97.1 Å². The van der Waals surface area contributed by atoms with Crippen molar-refractivity contribution in [3.63, 3.8) is 0 Å². The Morgan fingerprint density at radius 3 is 1.23 bits per heavy atom. The number of carbonyl (C=O) groups excluding carboxylic acids is 2. The fourth-order valence-corrected chi connectivity index (χ4v) is 4.47. The molecule has 0 aliphatic carbocycles. The molecule has 4 rings (SSSR count). The van der Waals surface area contributed by atoms with E-state index in [2.05, 4.69) is 10.6 Å². The maximum absolute atomic E-state index is 13.6. The fourth-order valence-electron chi connectivity index (χ4n) is 4.47. The second kappa shape index (κ2) is 13.2. The molecule has 4 aromatic rings. The van der Waals surface area contributed by atoms with E-state index in [9.17, 15) is 9.59 Å². The van der Waals surface area contributed by atoms with Gasteiger partial charge in [0, 0.05) is 22.3 Å². The molecule has 40 heavy (non-hydrogen) atoms. The summed E-state index contributed by atoms with van der Waals surface area (Å²) < 4.78 is 22.5. The Labute approximate surface area is 233 Å². The third-order valence-corrected chi connectivity index (χ3v) is 6.52. The van der Waals surface area contributed by atoms with Crippen LogP contribution in [0.5, 0.6) is 23.0 Å². The van der Waals surface area contributed by atoms with Gasteiger partial charge in [0.15, 0.2) is 0 Å². The molecule has 0 radical (unpaired) electrons. The molecule has 0 aliphatic heterocycles. The van der Waals surface area contributed by atoms with Crippen molar-refractivity contribution in [3.8, 4) is 23.0 Å². The first-order valence-electron chi connectivity index (χ1n) is 12.6. The van der Waals surface area contributed by atoms with E-state index in [4.69, 9.17) is 18.9 Å². The summed E-state index contributed by atoms with van der Waals surface area (Å²) in [6.45, 7) is 0. The maximum Gasteiger partial charge on any atom is 0.251 e. The Morgan fingerprint density at radius 2 is 0.900 bits per heavy atom. The Kier molecular flexibility index (Phi) is 9.25. The van der Waals surface area contributed by atoms with Crippen LogP contribution >= 0.6 is 0 Å². The van der Waals surface area contributed by atoms with Gasteiger partial charge in [0.05, 0.1) is 40.5 Å². The molecule has 2 N–H and O–H groups in total. The molecule has 0 saturated carbocycles. The van der Waals surface area contributed by atoms with Crippen LogP contribution in [0.1, 0.15) is 43.9 Å². The Balaban J connectivity index is 1.93. The van der Waals surface area contributed by atoms with E-state index in [0.29, 0.717) is 45.3 Å². The molecule has 0 spiro atoms. The van der Waals surface area contributed by atoms with Gasteiger partial charge >= 0.3 is 0 Å². The number of carbonyl (C=O) groups is 2. The average molecular weight is 541 g/mol. The molecular weight excluding hydrogens is 508 g/mol. The van der Waals surface area contributed by atoms with Crippen LogP contribution in [0.3, 0.4) is 0 Å². The Morgan fingerprint density at radius 1 is 0.525 bits per heavy atom. The minimum atomic E-state index is -0.827. The lowest BCUT2D eigenvalue weighted by atomic mass is 9.90. The molecule has 0 fully saturated rings. The summed E-state index contributed by atoms with van der Waals surface area (Å²) in [5, 5.41) is 6.27. The second-order valence-electron chi connectivity index (χ2n) is 8.85. The lowest BCUT2D eigenvalue weighted by Gasteiger charge is -2.32. The number of hydrogen-bond acceptors (Lipinski definition) is 6. The summed E-state index contributed by atoms with van der Waals surface area (Å²) in [4.78, 5) is 27.2. The van der Waals surface area contributed by atoms with E-state index in [1.807, 2.05) is 12.1 Å². The van der Waals surface area contributed by atoms with Gasteiger partial charge in [-0.3, -0.25) is 9.59 Å². The largest absolute Gasteiger partial charge is 0.497 e. The zero-order chi connectivity index (χ0) is 28.5. The predicted molar refractivity (Wildman–Crippen MR) is 152 cm³/mol. The summed E-state index contributed by atoms with van der Waals surface area (Å²) in [7, 11) is 6.21. The first kappa shape index (κ1) is 28.0. The van der Waals surface area contributed by atoms with Crippen molar-refractivity contribution in [3.05, 3.63) is 119 Å². The highest BCUT2D eigenvalue weighted by Gasteiger charge is 2.33. The molecule has 206 valence electrons. The highest BCUT2D eigenvalue weighted by molar-refractivity contribution is 5.96. The van der Waals surface area contributed by atoms with Crippen LogP contribution in [0.2, 0.25) is 0 Å². The molecule has 0 bridgehead atoms. The van der Waals surface area contributed by atoms with Crippen molar-refractivity contribution in [1.29, 1.82) is 0 Å². The lowest BCUT2D eigenvalue weighted by molar-refractivity contribution is 0.0880. The average Bonchev–Trinajstić information content (AvgIpc) is 3.02. The van der Waals surface area contributed by atoms with E-state index < -0.39 is 12.1 Å². The molecular formula is C32H32N2O6. The predicted octanol–water partition coefficient (Wildman–Crippen LogP) is 5.36. The maximum atomic E-state index is 13.6. The molecule has 0 saturated heterocycles. The van der Waals surface area contributed by atoms with E-state index in [0.717, 1.165) is 0 Å². The number of hydrogen-bond donors (Lipinski definition) is 2. The van der Waals surface area contributed by atoms with Crippen molar-refractivity contribution in [1.82, 2.24) is 10.6 Å². The van der Waals surface area contributed by atoms with Crippen LogP contribution in [-0.4, -0.2) is 40.3 Å². The number of rotatable bonds is 11. The number of amides is 2. The van der Waals surface area contributed by atoms with Crippen molar-refractivity contribution in [2.24, 2.45) is 0 Å². The smallest absolute Gasteiger partial charge is 0.251 e. The van der Waals surface area contributed by atoms with Crippen molar-refractivity contribution >= 4 is 11.8 Å². The second-order valence-corrected chi connectivity index (χ2v) is 8.85. The van der Waals surface area contributed by atoms with Crippen molar-refractivity contribution in [2.45, 2.75) is 12.1 Å². The van der Waals surface area contributed by atoms with E-state index in [1.165, 1.54) is 0 Å². The summed E-state index contributed by atoms with van der Waals surface area (Å²) in [5.74, 6) is 1.44. The molecule has 0 aromatic heterocycles. The fraction of sp³-hybridized carbons (Fsp3) is 0.188. The Hall–Kier alpha value is -4.98. The lowest BCUT2D eigenvalue weighted by Crippen LogP contribution is -2.41. The highest BCUT2D eigenvalue weighted by atomic mass is 16.5. The molecule has 8 heteroatoms. The zero-order valence-corrected chi connectivity index (χ0v) is 22.8. The van der Waals surface area contributed by atoms with Crippen molar-refractivity contribution in [2.75, 3.05) is 28.4 Å². The summed E-state index contributed by atoms with van der Waals surface area (Å²) in [5.41, 5.74) is 2.10. The van der Waals surface area contributed by atoms with Gasteiger partial charge in [-0.05, 0) is 60.7 Å². The monoisotopic (exact) mass is 540 g/mol. The van der Waals surface area contributed by atoms with Crippen LogP contribution in [0, 0.1) is 0 Å². The molecule has 8 nitrogen and oxygen atoms in total. The van der Waals surface area contributed by atoms with Gasteiger partial charge in [-0.1, -0.05) is 36.4 Å². The van der Waals surface area contributed by atoms with Gasteiger partial charge in [-0.15, -0.1) is 0 Å². The van der Waals surface area contributed by atoms with E-state index in [-0.39, 0.29) is 11.8 Å². The summed E-state index contributed by atoms with van der Waals surface area (Å²) >= 11 is 0. The number of methoxy groups -OCH3 is 4. The van der Waals surface area contributed by atoms with Gasteiger partial charge in [-0.2, -0.15) is 0 Å². The SMILES string of the molecule is COc1ccc(OC)c([C@@H](NC(=O)c2ccccc2)[C@H](NC(=O)c2ccccc2)c2cc(OC)ccc2OC)c1. The van der Waals surface area contributed by atoms with Crippen LogP contribution in [0.25, 0.3) is 0 Å². The number of ether oxygens (including phenoxy) is 4. The third-order valence-electron chi connectivity index (χ3n) is 6.52. The van der Waals surface area contributed by atoms with Gasteiger partial charge < -0.3 is 29.6 Å². The van der Waals surface area contributed by atoms with Gasteiger partial charge in [0.1, 0.15) is 23.0 Å². The number of benzene rings is 4. The topological polar surface area (TPSA) is 95.1 Å². The highest BCUT2D eigenvalue weighted by Crippen LogP contribution is 2.41. The van der Waals surface area contributed by atoms with Gasteiger partial charge in [0.25, 0.3) is 11.8 Å². The first-order valence-corrected chi connectivity index (χ1v) is 12.6. The summed E-state index contributed by atoms with van der Waals surface area (Å²) in [6, 6.07) is 26.7. The Bertz CT molecular complexity index is 1330. The van der Waals surface area contributed by atoms with Gasteiger partial charge in [-0.25, -0.2) is 0 Å². The van der Waals surface area contributed by atoms with Crippen LogP contribution < -0.4 is 29.6 Å². The van der Waals surface area contributed by atoms with Crippen LogP contribution in [-0.2, 0) is 0 Å². The van der Waals surface area contributed by atoms with E-state index >= 15 is 0 Å². The standard InChI is InChI=1S/C32H32N2O6/c1-37-23-15-17-27(39-3)25(19-23)29(33-31(35)21-11-7-5-8-12-21)30(34-32(36)22-13-9-6-10-14-22)26-20-24(38-2)16-18-28(26)40-4/h5-20,29-30H,1-4H3,(H,33,35)(H,34,36)/t29-,30-/m1/s1. The van der Waals surface area contributed by atoms with Crippen LogP contribution in [0.4, 0.5) is 0 Å². The summed E-state index contributed by atoms with van der Waals surface area (Å²) in [6.07, 6.45) is 0. The first-order chi connectivity index (χ1) is 19.5. The molecule has 0 heterocycles. The molecule has 0 aliphatic rings. The third kappa shape index (κ3) is 6.35. The number of nitrogens with one attached hydrogen (secondary N) is 2. The van der Waals surface area contributed by atoms with Gasteiger partial charge in [0.2, 0.25) is 0 Å². The zero-order valence-electron chi connectivity index (χ0n) is 22.8. The molecule has 2 amide bonds. The normalized spacial score (nSPS) is 12.0. The van der Waals surface area contributed by atoms with Crippen molar-refractivity contribution < 1.29 is 28.5 Å². The molecule has 4 aromatic carbocycles.